The molecule has 0 N–H and O–H groups in total. The molecule has 1 aliphatic carbocycles. The van der Waals surface area contributed by atoms with Gasteiger partial charge in [0.15, 0.2) is 0 Å². The number of fused-ring (bicyclic) bond motifs is 11. The first kappa shape index (κ1) is 32.3. The van der Waals surface area contributed by atoms with Crippen LogP contribution in [-0.2, 0) is 5.41 Å². The summed E-state index contributed by atoms with van der Waals surface area (Å²) >= 11 is 0. The Morgan fingerprint density at radius 2 is 0.804 bits per heavy atom. The van der Waals surface area contributed by atoms with Crippen molar-refractivity contribution in [1.82, 2.24) is 0 Å². The molecule has 0 saturated heterocycles. The highest BCUT2D eigenvalue weighted by molar-refractivity contribution is 6.25. The summed E-state index contributed by atoms with van der Waals surface area (Å²) in [5.41, 5.74) is 13.3. The van der Waals surface area contributed by atoms with Crippen LogP contribution in [0.1, 0.15) is 25.0 Å². The van der Waals surface area contributed by atoms with E-state index in [4.69, 9.17) is 4.42 Å². The minimum Gasteiger partial charge on any atom is -0.455 e. The first-order chi connectivity index (χ1) is 27.6. The van der Waals surface area contributed by atoms with Crippen molar-refractivity contribution in [3.8, 4) is 11.1 Å². The van der Waals surface area contributed by atoms with Crippen LogP contribution in [0.4, 0.5) is 34.1 Å². The number of furan rings is 1. The molecule has 0 aliphatic heterocycles. The second-order valence-corrected chi connectivity index (χ2v) is 15.3. The van der Waals surface area contributed by atoms with E-state index in [1.807, 2.05) is 0 Å². The summed E-state index contributed by atoms with van der Waals surface area (Å²) in [6, 6.07) is 69.7. The predicted molar refractivity (Wildman–Crippen MR) is 236 cm³/mol. The minimum atomic E-state index is -0.277. The zero-order valence-electron chi connectivity index (χ0n) is 31.3. The van der Waals surface area contributed by atoms with Gasteiger partial charge in [-0.3, -0.25) is 0 Å². The lowest BCUT2D eigenvalue weighted by Gasteiger charge is -2.29. The SMILES string of the molecule is CC1(C)c2cc(N(c3ccccc3)c3ccccc3)c3ccccc3c2-c2c1ccc1c2oc2cc(N(c3ccccc3)c3ccccc3)c3ccccc3c21. The maximum Gasteiger partial charge on any atom is 0.143 e. The summed E-state index contributed by atoms with van der Waals surface area (Å²) in [7, 11) is 0. The average Bonchev–Trinajstić information content (AvgIpc) is 3.74. The lowest BCUT2D eigenvalue weighted by atomic mass is 9.81. The molecule has 9 aromatic carbocycles. The highest BCUT2D eigenvalue weighted by atomic mass is 16.3. The standard InChI is InChI=1S/C53H38N2O/c1-53(2)44-32-31-43-49-41-29-17-15-27-39(41)47(55(37-23-11-5-12-24-37)38-25-13-6-14-26-38)34-48(49)56-52(43)51(44)50-42-30-18-16-28-40(42)46(33-45(50)53)54(35-19-7-3-8-20-35)36-21-9-4-10-22-36/h3-34H,1-2H3. The normalized spacial score (nSPS) is 13.0. The highest BCUT2D eigenvalue weighted by Crippen LogP contribution is 2.57. The fraction of sp³-hybridized carbons (Fsp3) is 0.0566. The van der Waals surface area contributed by atoms with Crippen molar-refractivity contribution in [3.63, 3.8) is 0 Å². The van der Waals surface area contributed by atoms with E-state index in [2.05, 4.69) is 218 Å². The lowest BCUT2D eigenvalue weighted by molar-refractivity contribution is 0.653. The number of anilines is 6. The molecule has 1 aromatic heterocycles. The average molecular weight is 719 g/mol. The topological polar surface area (TPSA) is 19.6 Å². The minimum absolute atomic E-state index is 0.277. The molecule has 56 heavy (non-hydrogen) atoms. The van der Waals surface area contributed by atoms with Crippen molar-refractivity contribution >= 4 is 77.6 Å². The highest BCUT2D eigenvalue weighted by Gasteiger charge is 2.40. The maximum atomic E-state index is 7.24. The summed E-state index contributed by atoms with van der Waals surface area (Å²) < 4.78 is 7.24. The Kier molecular flexibility index (Phi) is 7.20. The second-order valence-electron chi connectivity index (χ2n) is 15.3. The Bertz CT molecular complexity index is 3020. The van der Waals surface area contributed by atoms with E-state index in [-0.39, 0.29) is 5.41 Å². The summed E-state index contributed by atoms with van der Waals surface area (Å²) in [6.07, 6.45) is 0. The number of para-hydroxylation sites is 4. The summed E-state index contributed by atoms with van der Waals surface area (Å²) in [4.78, 5) is 4.75. The van der Waals surface area contributed by atoms with Crippen molar-refractivity contribution in [2.45, 2.75) is 19.3 Å². The molecule has 0 spiro atoms. The third-order valence-electron chi connectivity index (χ3n) is 11.8. The van der Waals surface area contributed by atoms with Crippen molar-refractivity contribution in [2.24, 2.45) is 0 Å². The van der Waals surface area contributed by atoms with Crippen LogP contribution in [0.3, 0.4) is 0 Å². The largest absolute Gasteiger partial charge is 0.455 e. The van der Waals surface area contributed by atoms with E-state index >= 15 is 0 Å². The molecule has 266 valence electrons. The Labute approximate surface area is 326 Å². The van der Waals surface area contributed by atoms with E-state index in [9.17, 15) is 0 Å². The Morgan fingerprint density at radius 1 is 0.375 bits per heavy atom. The van der Waals surface area contributed by atoms with Gasteiger partial charge >= 0.3 is 0 Å². The first-order valence-corrected chi connectivity index (χ1v) is 19.4. The number of benzene rings is 9. The van der Waals surface area contributed by atoms with Crippen LogP contribution in [0, 0.1) is 0 Å². The van der Waals surface area contributed by atoms with Gasteiger partial charge in [0.2, 0.25) is 0 Å². The lowest BCUT2D eigenvalue weighted by Crippen LogP contribution is -2.17. The molecule has 3 heteroatoms. The third kappa shape index (κ3) is 4.77. The van der Waals surface area contributed by atoms with Crippen molar-refractivity contribution in [1.29, 1.82) is 0 Å². The van der Waals surface area contributed by atoms with E-state index in [1.165, 1.54) is 43.8 Å². The Balaban J connectivity index is 1.20. The molecule has 0 amide bonds. The summed E-state index contributed by atoms with van der Waals surface area (Å²) in [6.45, 7) is 4.73. The summed E-state index contributed by atoms with van der Waals surface area (Å²) in [5, 5.41) is 7.06. The molecular formula is C53H38N2O. The second kappa shape index (κ2) is 12.5. The number of rotatable bonds is 6. The number of hydrogen-bond acceptors (Lipinski definition) is 3. The van der Waals surface area contributed by atoms with Crippen LogP contribution in [0.25, 0.3) is 54.6 Å². The zero-order chi connectivity index (χ0) is 37.4. The molecule has 0 saturated carbocycles. The van der Waals surface area contributed by atoms with Crippen LogP contribution in [0.5, 0.6) is 0 Å². The van der Waals surface area contributed by atoms with Crippen LogP contribution in [-0.4, -0.2) is 0 Å². The zero-order valence-corrected chi connectivity index (χ0v) is 31.3. The molecule has 3 nitrogen and oxygen atoms in total. The van der Waals surface area contributed by atoms with Gasteiger partial charge in [-0.05, 0) is 82.1 Å². The quantitative estimate of drug-likeness (QED) is 0.171. The van der Waals surface area contributed by atoms with Gasteiger partial charge in [-0.2, -0.15) is 0 Å². The van der Waals surface area contributed by atoms with Gasteiger partial charge in [0, 0.05) is 61.3 Å². The van der Waals surface area contributed by atoms with Crippen molar-refractivity contribution in [3.05, 3.63) is 205 Å². The van der Waals surface area contributed by atoms with Gasteiger partial charge in [-0.1, -0.05) is 147 Å². The maximum absolute atomic E-state index is 7.24. The van der Waals surface area contributed by atoms with Gasteiger partial charge < -0.3 is 14.2 Å². The monoisotopic (exact) mass is 718 g/mol. The molecular weight excluding hydrogens is 681 g/mol. The molecule has 1 aliphatic rings. The van der Waals surface area contributed by atoms with E-state index in [0.29, 0.717) is 0 Å². The molecule has 0 atom stereocenters. The van der Waals surface area contributed by atoms with E-state index in [1.54, 1.807) is 0 Å². The number of nitrogens with zero attached hydrogens (tertiary/aromatic N) is 2. The third-order valence-corrected chi connectivity index (χ3v) is 11.8. The van der Waals surface area contributed by atoms with Gasteiger partial charge in [0.05, 0.1) is 11.4 Å². The van der Waals surface area contributed by atoms with Crippen molar-refractivity contribution in [2.75, 3.05) is 9.80 Å². The molecule has 0 radical (unpaired) electrons. The fourth-order valence-electron chi connectivity index (χ4n) is 9.25. The van der Waals surface area contributed by atoms with Crippen LogP contribution < -0.4 is 9.80 Å². The van der Waals surface area contributed by atoms with Crippen LogP contribution >= 0.6 is 0 Å². The molecule has 1 heterocycles. The van der Waals surface area contributed by atoms with E-state index in [0.717, 1.165) is 56.1 Å². The smallest absolute Gasteiger partial charge is 0.143 e. The van der Waals surface area contributed by atoms with Gasteiger partial charge in [-0.25, -0.2) is 0 Å². The molecule has 0 unspecified atom stereocenters. The fourth-order valence-corrected chi connectivity index (χ4v) is 9.25. The van der Waals surface area contributed by atoms with E-state index < -0.39 is 0 Å². The molecule has 0 fully saturated rings. The first-order valence-electron chi connectivity index (χ1n) is 19.4. The van der Waals surface area contributed by atoms with Gasteiger partial charge in [0.25, 0.3) is 0 Å². The molecule has 11 rings (SSSR count). The van der Waals surface area contributed by atoms with Crippen LogP contribution in [0.2, 0.25) is 0 Å². The molecule has 0 bridgehead atoms. The summed E-state index contributed by atoms with van der Waals surface area (Å²) in [5.74, 6) is 0. The van der Waals surface area contributed by atoms with Gasteiger partial charge in [-0.15, -0.1) is 0 Å². The predicted octanol–water partition coefficient (Wildman–Crippen LogP) is 15.1. The Morgan fingerprint density at radius 3 is 1.32 bits per heavy atom. The Hall–Kier alpha value is -7.10. The number of hydrogen-bond donors (Lipinski definition) is 0. The molecule has 10 aromatic rings. The van der Waals surface area contributed by atoms with Crippen molar-refractivity contribution < 1.29 is 4.42 Å². The van der Waals surface area contributed by atoms with Gasteiger partial charge in [0.1, 0.15) is 11.2 Å². The van der Waals surface area contributed by atoms with Crippen LogP contribution in [0.15, 0.2) is 199 Å².